The number of hydrogen-bond donors (Lipinski definition) is 0. The van der Waals surface area contributed by atoms with E-state index in [0.717, 1.165) is 66.9 Å². The predicted molar refractivity (Wildman–Crippen MR) is 239 cm³/mol. The lowest BCUT2D eigenvalue weighted by Gasteiger charge is -2.26. The third-order valence-electron chi connectivity index (χ3n) is 11.3. The Morgan fingerprint density at radius 3 is 1.60 bits per heavy atom. The van der Waals surface area contributed by atoms with Crippen LogP contribution in [0.5, 0.6) is 0 Å². The number of nitrogens with zero attached hydrogens (tertiary/aromatic N) is 2. The van der Waals surface area contributed by atoms with Crippen molar-refractivity contribution in [2.24, 2.45) is 0 Å². The highest BCUT2D eigenvalue weighted by molar-refractivity contribution is 6.13. The molecule has 0 saturated carbocycles. The molecule has 9 aromatic carbocycles. The maximum Gasteiger partial charge on any atom is 0.137 e. The van der Waals surface area contributed by atoms with Gasteiger partial charge in [-0.3, -0.25) is 0 Å². The Morgan fingerprint density at radius 2 is 0.897 bits per heavy atom. The van der Waals surface area contributed by atoms with E-state index in [4.69, 9.17) is 4.42 Å². The SMILES string of the molecule is Fc1ccc(-c2ccc(N(c3ccc(-c4ccc5c(c4)c4ccccc4n5-c4ccc(-c5ccccc5)cc4)cc3)c3cccc4oc5ccccc5c34)cc2)cc1. The van der Waals surface area contributed by atoms with Gasteiger partial charge in [0.05, 0.1) is 22.1 Å². The summed E-state index contributed by atoms with van der Waals surface area (Å²) in [6.45, 7) is 0. The van der Waals surface area contributed by atoms with Crippen LogP contribution in [-0.4, -0.2) is 4.57 Å². The minimum Gasteiger partial charge on any atom is -0.456 e. The lowest BCUT2D eigenvalue weighted by Crippen LogP contribution is -2.10. The summed E-state index contributed by atoms with van der Waals surface area (Å²) >= 11 is 0. The summed E-state index contributed by atoms with van der Waals surface area (Å²) < 4.78 is 22.4. The molecule has 11 rings (SSSR count). The topological polar surface area (TPSA) is 21.3 Å². The van der Waals surface area contributed by atoms with Crippen molar-refractivity contribution in [3.8, 4) is 39.1 Å². The zero-order valence-electron chi connectivity index (χ0n) is 31.4. The van der Waals surface area contributed by atoms with Crippen molar-refractivity contribution in [2.75, 3.05) is 4.90 Å². The number of benzene rings is 9. The minimum atomic E-state index is -0.243. The van der Waals surface area contributed by atoms with Gasteiger partial charge in [0.15, 0.2) is 0 Å². The molecule has 0 N–H and O–H groups in total. The Labute approximate surface area is 335 Å². The van der Waals surface area contributed by atoms with E-state index in [2.05, 4.69) is 179 Å². The Morgan fingerprint density at radius 1 is 0.379 bits per heavy atom. The molecule has 58 heavy (non-hydrogen) atoms. The lowest BCUT2D eigenvalue weighted by atomic mass is 10.0. The van der Waals surface area contributed by atoms with E-state index >= 15 is 0 Å². The van der Waals surface area contributed by atoms with Gasteiger partial charge in [0.25, 0.3) is 0 Å². The van der Waals surface area contributed by atoms with Gasteiger partial charge in [0.2, 0.25) is 0 Å². The molecule has 0 amide bonds. The van der Waals surface area contributed by atoms with Crippen LogP contribution in [0.3, 0.4) is 0 Å². The number of anilines is 3. The van der Waals surface area contributed by atoms with Crippen LogP contribution >= 0.6 is 0 Å². The van der Waals surface area contributed by atoms with E-state index in [1.54, 1.807) is 0 Å². The molecule has 0 radical (unpaired) electrons. The molecule has 0 fully saturated rings. The van der Waals surface area contributed by atoms with E-state index in [-0.39, 0.29) is 5.82 Å². The van der Waals surface area contributed by atoms with Crippen LogP contribution in [0.4, 0.5) is 21.5 Å². The molecule has 0 atom stereocenters. The molecule has 0 aliphatic rings. The molecule has 4 heteroatoms. The van der Waals surface area contributed by atoms with Gasteiger partial charge in [0.1, 0.15) is 17.0 Å². The molecule has 0 bridgehead atoms. The first kappa shape index (κ1) is 33.6. The molecule has 0 aliphatic carbocycles. The van der Waals surface area contributed by atoms with Crippen LogP contribution in [0.2, 0.25) is 0 Å². The molecule has 0 saturated heterocycles. The number of hydrogen-bond acceptors (Lipinski definition) is 2. The van der Waals surface area contributed by atoms with Crippen molar-refractivity contribution in [3.63, 3.8) is 0 Å². The average Bonchev–Trinajstić information content (AvgIpc) is 3.84. The zero-order valence-corrected chi connectivity index (χ0v) is 31.4. The minimum absolute atomic E-state index is 0.243. The fourth-order valence-electron chi connectivity index (χ4n) is 8.48. The van der Waals surface area contributed by atoms with Gasteiger partial charge in [-0.05, 0) is 118 Å². The van der Waals surface area contributed by atoms with Crippen LogP contribution in [0, 0.1) is 5.82 Å². The number of para-hydroxylation sites is 2. The van der Waals surface area contributed by atoms with Gasteiger partial charge >= 0.3 is 0 Å². The largest absolute Gasteiger partial charge is 0.456 e. The van der Waals surface area contributed by atoms with Crippen molar-refractivity contribution >= 4 is 60.8 Å². The highest BCUT2D eigenvalue weighted by Gasteiger charge is 2.20. The van der Waals surface area contributed by atoms with Crippen molar-refractivity contribution < 1.29 is 8.81 Å². The third-order valence-corrected chi connectivity index (χ3v) is 11.3. The molecular weight excluding hydrogens is 712 g/mol. The van der Waals surface area contributed by atoms with E-state index in [1.165, 1.54) is 45.1 Å². The molecule has 274 valence electrons. The Kier molecular flexibility index (Phi) is 8.00. The van der Waals surface area contributed by atoms with Gasteiger partial charge < -0.3 is 13.9 Å². The van der Waals surface area contributed by atoms with E-state index in [9.17, 15) is 4.39 Å². The quantitative estimate of drug-likeness (QED) is 0.162. The molecule has 0 unspecified atom stereocenters. The summed E-state index contributed by atoms with van der Waals surface area (Å²) in [7, 11) is 0. The van der Waals surface area contributed by atoms with E-state index in [0.29, 0.717) is 0 Å². The maximum atomic E-state index is 13.7. The normalized spacial score (nSPS) is 11.5. The maximum absolute atomic E-state index is 13.7. The van der Waals surface area contributed by atoms with Crippen LogP contribution in [0.25, 0.3) is 82.8 Å². The number of furan rings is 1. The molecule has 11 aromatic rings. The van der Waals surface area contributed by atoms with Gasteiger partial charge in [-0.1, -0.05) is 127 Å². The van der Waals surface area contributed by atoms with Crippen molar-refractivity contribution in [1.82, 2.24) is 4.57 Å². The second-order valence-electron chi connectivity index (χ2n) is 14.7. The fraction of sp³-hybridized carbons (Fsp3) is 0. The first-order valence-electron chi connectivity index (χ1n) is 19.5. The highest BCUT2D eigenvalue weighted by Crippen LogP contribution is 2.44. The summed E-state index contributed by atoms with van der Waals surface area (Å²) in [6.07, 6.45) is 0. The third kappa shape index (κ3) is 5.74. The zero-order chi connectivity index (χ0) is 38.6. The Bertz CT molecular complexity index is 3250. The number of aromatic nitrogens is 1. The lowest BCUT2D eigenvalue weighted by molar-refractivity contribution is 0.628. The van der Waals surface area contributed by atoms with Crippen LogP contribution in [0.1, 0.15) is 0 Å². The second-order valence-corrected chi connectivity index (χ2v) is 14.7. The monoisotopic (exact) mass is 746 g/mol. The summed E-state index contributed by atoms with van der Waals surface area (Å²) in [4.78, 5) is 2.29. The average molecular weight is 747 g/mol. The number of rotatable bonds is 7. The molecule has 0 spiro atoms. The van der Waals surface area contributed by atoms with Gasteiger partial charge in [-0.15, -0.1) is 0 Å². The first-order chi connectivity index (χ1) is 28.7. The summed E-state index contributed by atoms with van der Waals surface area (Å²) in [5.41, 5.74) is 14.9. The Balaban J connectivity index is 0.997. The molecular formula is C54H35FN2O. The molecule has 2 aromatic heterocycles. The van der Waals surface area contributed by atoms with E-state index in [1.807, 2.05) is 30.3 Å². The van der Waals surface area contributed by atoms with Crippen LogP contribution in [-0.2, 0) is 0 Å². The van der Waals surface area contributed by atoms with Gasteiger partial charge in [-0.2, -0.15) is 0 Å². The van der Waals surface area contributed by atoms with Crippen LogP contribution in [0.15, 0.2) is 217 Å². The van der Waals surface area contributed by atoms with Crippen LogP contribution < -0.4 is 4.90 Å². The first-order valence-corrected chi connectivity index (χ1v) is 19.5. The molecule has 3 nitrogen and oxygen atoms in total. The smallest absolute Gasteiger partial charge is 0.137 e. The summed E-state index contributed by atoms with van der Waals surface area (Å²) in [5.74, 6) is -0.243. The Hall–Kier alpha value is -7.69. The molecule has 2 heterocycles. The summed E-state index contributed by atoms with van der Waals surface area (Å²) in [5, 5.41) is 4.56. The highest BCUT2D eigenvalue weighted by atomic mass is 19.1. The number of halogens is 1. The fourth-order valence-corrected chi connectivity index (χ4v) is 8.48. The van der Waals surface area contributed by atoms with Gasteiger partial charge in [0, 0.05) is 33.2 Å². The van der Waals surface area contributed by atoms with Crippen molar-refractivity contribution in [2.45, 2.75) is 0 Å². The standard InChI is InChI=1S/C54H35FN2O/c55-42-26-17-37(18-27-42)39-19-28-43(29-20-39)56(51-14-8-16-53-54(51)47-12-5-7-15-52(47)58-53)44-30-23-40(24-31-44)41-25-34-50-48(35-41)46-11-4-6-13-49(46)57(50)45-32-21-38(22-33-45)36-9-2-1-3-10-36/h1-35H. The summed E-state index contributed by atoms with van der Waals surface area (Å²) in [6, 6.07) is 73.2. The predicted octanol–water partition coefficient (Wildman–Crippen LogP) is 15.3. The van der Waals surface area contributed by atoms with Crippen molar-refractivity contribution in [3.05, 3.63) is 218 Å². The van der Waals surface area contributed by atoms with Crippen molar-refractivity contribution in [1.29, 1.82) is 0 Å². The molecule has 0 aliphatic heterocycles. The van der Waals surface area contributed by atoms with Gasteiger partial charge in [-0.25, -0.2) is 4.39 Å². The second kappa shape index (κ2) is 13.8. The number of fused-ring (bicyclic) bond motifs is 6. The van der Waals surface area contributed by atoms with E-state index < -0.39 is 0 Å².